The van der Waals surface area contributed by atoms with Gasteiger partial charge in [-0.1, -0.05) is 6.07 Å². The largest absolute Gasteiger partial charge is 0.481 e. The highest BCUT2D eigenvalue weighted by atomic mass is 32.1. The van der Waals surface area contributed by atoms with E-state index in [4.69, 9.17) is 5.11 Å². The molecule has 1 N–H and O–H groups in total. The van der Waals surface area contributed by atoms with Gasteiger partial charge >= 0.3 is 5.97 Å². The highest BCUT2D eigenvalue weighted by Gasteiger charge is 2.35. The summed E-state index contributed by atoms with van der Waals surface area (Å²) in [6.45, 7) is 0. The Kier molecular flexibility index (Phi) is 2.87. The van der Waals surface area contributed by atoms with E-state index >= 15 is 0 Å². The summed E-state index contributed by atoms with van der Waals surface area (Å²) in [6.07, 6.45) is 4.07. The van der Waals surface area contributed by atoms with Crippen LogP contribution < -0.4 is 0 Å². The molecule has 0 aliphatic heterocycles. The van der Waals surface area contributed by atoms with Gasteiger partial charge in [-0.2, -0.15) is 0 Å². The second kappa shape index (κ2) is 4.13. The number of rotatable bonds is 4. The van der Waals surface area contributed by atoms with Crippen LogP contribution in [0.4, 0.5) is 0 Å². The summed E-state index contributed by atoms with van der Waals surface area (Å²) in [5, 5.41) is 10.9. The zero-order valence-corrected chi connectivity index (χ0v) is 8.80. The molecule has 1 aliphatic rings. The number of aliphatic carboxylic acids is 1. The zero-order valence-electron chi connectivity index (χ0n) is 7.98. The van der Waals surface area contributed by atoms with Gasteiger partial charge in [-0.15, -0.1) is 11.3 Å². The average molecular weight is 210 g/mol. The first-order valence-electron chi connectivity index (χ1n) is 5.02. The monoisotopic (exact) mass is 210 g/mol. The van der Waals surface area contributed by atoms with Crippen molar-refractivity contribution >= 4 is 17.3 Å². The molecule has 76 valence electrons. The molecule has 0 spiro atoms. The second-order valence-electron chi connectivity index (χ2n) is 3.90. The maximum atomic E-state index is 10.8. The van der Waals surface area contributed by atoms with E-state index < -0.39 is 5.97 Å². The van der Waals surface area contributed by atoms with Crippen molar-refractivity contribution in [3.8, 4) is 0 Å². The Bertz CT molecular complexity index is 305. The van der Waals surface area contributed by atoms with Crippen molar-refractivity contribution in [3.05, 3.63) is 22.4 Å². The minimum absolute atomic E-state index is 0.0602. The van der Waals surface area contributed by atoms with Gasteiger partial charge in [-0.25, -0.2) is 0 Å². The van der Waals surface area contributed by atoms with Crippen LogP contribution in [0, 0.1) is 11.8 Å². The molecule has 0 saturated heterocycles. The molecular weight excluding hydrogens is 196 g/mol. The van der Waals surface area contributed by atoms with E-state index in [0.29, 0.717) is 5.92 Å². The number of aryl methyl sites for hydroxylation is 1. The molecule has 1 fully saturated rings. The third kappa shape index (κ3) is 1.98. The minimum Gasteiger partial charge on any atom is -0.481 e. The highest BCUT2D eigenvalue weighted by Crippen LogP contribution is 2.37. The molecule has 1 aromatic heterocycles. The lowest BCUT2D eigenvalue weighted by Crippen LogP contribution is -2.32. The van der Waals surface area contributed by atoms with Crippen LogP contribution in [-0.2, 0) is 11.2 Å². The van der Waals surface area contributed by atoms with Crippen molar-refractivity contribution < 1.29 is 9.90 Å². The molecule has 2 atom stereocenters. The number of hydrogen-bond acceptors (Lipinski definition) is 2. The average Bonchev–Trinajstić information content (AvgIpc) is 2.53. The van der Waals surface area contributed by atoms with Crippen molar-refractivity contribution in [1.82, 2.24) is 0 Å². The number of thiophene rings is 1. The van der Waals surface area contributed by atoms with Gasteiger partial charge < -0.3 is 5.11 Å². The zero-order chi connectivity index (χ0) is 9.97. The van der Waals surface area contributed by atoms with Gasteiger partial charge in [0.25, 0.3) is 0 Å². The van der Waals surface area contributed by atoms with Gasteiger partial charge in [-0.3, -0.25) is 4.79 Å². The molecule has 0 amide bonds. The van der Waals surface area contributed by atoms with E-state index in [9.17, 15) is 4.79 Å². The Morgan fingerprint density at radius 3 is 2.93 bits per heavy atom. The van der Waals surface area contributed by atoms with Crippen molar-refractivity contribution in [1.29, 1.82) is 0 Å². The predicted molar refractivity (Wildman–Crippen MR) is 56.5 cm³/mol. The van der Waals surface area contributed by atoms with Gasteiger partial charge in [0.15, 0.2) is 0 Å². The van der Waals surface area contributed by atoms with Gasteiger partial charge in [0.05, 0.1) is 5.92 Å². The molecule has 0 bridgehead atoms. The van der Waals surface area contributed by atoms with E-state index in [0.717, 1.165) is 25.7 Å². The van der Waals surface area contributed by atoms with Gasteiger partial charge in [-0.05, 0) is 43.0 Å². The maximum absolute atomic E-state index is 10.8. The molecule has 1 saturated carbocycles. The van der Waals surface area contributed by atoms with Crippen LogP contribution in [-0.4, -0.2) is 11.1 Å². The topological polar surface area (TPSA) is 37.3 Å². The molecule has 1 heterocycles. The molecule has 0 aromatic carbocycles. The predicted octanol–water partition coefficient (Wildman–Crippen LogP) is 2.79. The van der Waals surface area contributed by atoms with Crippen LogP contribution >= 0.6 is 11.3 Å². The van der Waals surface area contributed by atoms with Gasteiger partial charge in [0, 0.05) is 4.88 Å². The van der Waals surface area contributed by atoms with Gasteiger partial charge in [0.1, 0.15) is 0 Å². The van der Waals surface area contributed by atoms with Gasteiger partial charge in [0.2, 0.25) is 0 Å². The third-order valence-electron chi connectivity index (χ3n) is 3.08. The summed E-state index contributed by atoms with van der Waals surface area (Å²) in [6, 6.07) is 4.18. The fourth-order valence-corrected chi connectivity index (χ4v) is 2.75. The Morgan fingerprint density at radius 2 is 2.43 bits per heavy atom. The molecule has 14 heavy (non-hydrogen) atoms. The summed E-state index contributed by atoms with van der Waals surface area (Å²) < 4.78 is 0. The van der Waals surface area contributed by atoms with E-state index in [1.807, 2.05) is 0 Å². The van der Waals surface area contributed by atoms with E-state index in [1.54, 1.807) is 11.3 Å². The summed E-state index contributed by atoms with van der Waals surface area (Å²) in [5.74, 6) is -0.239. The fraction of sp³-hybridized carbons (Fsp3) is 0.545. The molecule has 2 rings (SSSR count). The number of carbonyl (C=O) groups is 1. The molecule has 2 unspecified atom stereocenters. The first-order valence-corrected chi connectivity index (χ1v) is 5.90. The second-order valence-corrected chi connectivity index (χ2v) is 4.93. The molecule has 3 heteroatoms. The first-order chi connectivity index (χ1) is 6.77. The molecule has 0 radical (unpaired) electrons. The van der Waals surface area contributed by atoms with Crippen molar-refractivity contribution in [3.63, 3.8) is 0 Å². The minimum atomic E-state index is -0.604. The number of carboxylic acids is 1. The summed E-state index contributed by atoms with van der Waals surface area (Å²) in [5.41, 5.74) is 0. The Morgan fingerprint density at radius 1 is 1.57 bits per heavy atom. The molecular formula is C11H14O2S. The Labute approximate surface area is 87.6 Å². The standard InChI is InChI=1S/C11H14O2S/c12-11(13)10-6-4-8(10)3-5-9-2-1-7-14-9/h1-2,7-8,10H,3-6H2,(H,12,13). The Balaban J connectivity index is 1.79. The van der Waals surface area contributed by atoms with Crippen LogP contribution in [0.2, 0.25) is 0 Å². The van der Waals surface area contributed by atoms with Crippen LogP contribution in [0.3, 0.4) is 0 Å². The SMILES string of the molecule is O=C(O)C1CCC1CCc1cccs1. The van der Waals surface area contributed by atoms with Crippen LogP contribution in [0.1, 0.15) is 24.1 Å². The Hall–Kier alpha value is -0.830. The quantitative estimate of drug-likeness (QED) is 0.829. The van der Waals surface area contributed by atoms with Crippen LogP contribution in [0.15, 0.2) is 17.5 Å². The lowest BCUT2D eigenvalue weighted by Gasteiger charge is -2.33. The number of hydrogen-bond donors (Lipinski definition) is 1. The maximum Gasteiger partial charge on any atom is 0.306 e. The third-order valence-corrected chi connectivity index (χ3v) is 4.01. The lowest BCUT2D eigenvalue weighted by molar-refractivity contribution is -0.147. The molecule has 2 nitrogen and oxygen atoms in total. The van der Waals surface area contributed by atoms with Crippen molar-refractivity contribution in [2.45, 2.75) is 25.7 Å². The number of carboxylic acid groups (broad SMARTS) is 1. The van der Waals surface area contributed by atoms with Crippen LogP contribution in [0.5, 0.6) is 0 Å². The summed E-state index contributed by atoms with van der Waals surface area (Å²) in [7, 11) is 0. The van der Waals surface area contributed by atoms with Crippen molar-refractivity contribution in [2.24, 2.45) is 11.8 Å². The summed E-state index contributed by atoms with van der Waals surface area (Å²) in [4.78, 5) is 12.1. The van der Waals surface area contributed by atoms with E-state index in [-0.39, 0.29) is 5.92 Å². The first kappa shape index (κ1) is 9.71. The molecule has 1 aliphatic carbocycles. The van der Waals surface area contributed by atoms with E-state index in [1.165, 1.54) is 4.88 Å². The smallest absolute Gasteiger partial charge is 0.306 e. The van der Waals surface area contributed by atoms with Crippen LogP contribution in [0.25, 0.3) is 0 Å². The lowest BCUT2D eigenvalue weighted by atomic mass is 9.71. The van der Waals surface area contributed by atoms with Crippen molar-refractivity contribution in [2.75, 3.05) is 0 Å². The highest BCUT2D eigenvalue weighted by molar-refractivity contribution is 7.09. The molecule has 1 aromatic rings. The van der Waals surface area contributed by atoms with E-state index in [2.05, 4.69) is 17.5 Å². The fourth-order valence-electron chi connectivity index (χ4n) is 2.02. The normalized spacial score (nSPS) is 25.7. The summed E-state index contributed by atoms with van der Waals surface area (Å²) >= 11 is 1.76.